The molecule has 0 fully saturated rings. The van der Waals surface area contributed by atoms with Crippen LogP contribution in [0.1, 0.15) is 19.3 Å². The van der Waals surface area contributed by atoms with Crippen LogP contribution in [0.2, 0.25) is 0 Å². The van der Waals surface area contributed by atoms with Gasteiger partial charge >= 0.3 is 0 Å². The molecular weight excluding hydrogens is 188 g/mol. The summed E-state index contributed by atoms with van der Waals surface area (Å²) in [6, 6.07) is 0. The maximum Gasteiger partial charge on any atom is 0.219 e. The highest BCUT2D eigenvalue weighted by Gasteiger charge is 2.04. The van der Waals surface area contributed by atoms with Crippen LogP contribution in [-0.2, 0) is 9.47 Å². The van der Waals surface area contributed by atoms with E-state index in [1.807, 2.05) is 18.2 Å². The van der Waals surface area contributed by atoms with Crippen LogP contribution >= 0.6 is 11.6 Å². The number of allylic oxidation sites excluding steroid dienone is 2. The number of halogens is 1. The first-order valence-electron chi connectivity index (χ1n) is 4.60. The van der Waals surface area contributed by atoms with Crippen LogP contribution in [0.5, 0.6) is 0 Å². The standard InChI is InChI=1S/C10H15ClO2/c11-7-3-1-4-8-12-10-6-2-5-9-13-10/h2,5-6,9-10H,1,3-4,7-8H2. The summed E-state index contributed by atoms with van der Waals surface area (Å²) in [5, 5.41) is 0. The monoisotopic (exact) mass is 202 g/mol. The average Bonchev–Trinajstić information content (AvgIpc) is 2.19. The van der Waals surface area contributed by atoms with Crippen molar-refractivity contribution in [1.82, 2.24) is 0 Å². The summed E-state index contributed by atoms with van der Waals surface area (Å²) in [6.07, 6.45) is 10.3. The Balaban J connectivity index is 1.93. The molecule has 0 bridgehead atoms. The van der Waals surface area contributed by atoms with E-state index < -0.39 is 0 Å². The molecule has 1 atom stereocenters. The van der Waals surface area contributed by atoms with Crippen LogP contribution in [0, 0.1) is 0 Å². The second kappa shape index (κ2) is 6.98. The fourth-order valence-electron chi connectivity index (χ4n) is 1.04. The first-order valence-corrected chi connectivity index (χ1v) is 5.13. The van der Waals surface area contributed by atoms with E-state index in [9.17, 15) is 0 Å². The highest BCUT2D eigenvalue weighted by atomic mass is 35.5. The molecule has 0 aromatic carbocycles. The fourth-order valence-corrected chi connectivity index (χ4v) is 1.23. The van der Waals surface area contributed by atoms with E-state index in [-0.39, 0.29) is 6.29 Å². The Bertz CT molecular complexity index is 178. The second-order valence-electron chi connectivity index (χ2n) is 2.84. The molecule has 0 aromatic heterocycles. The van der Waals surface area contributed by atoms with Gasteiger partial charge in [-0.2, -0.15) is 0 Å². The number of rotatable bonds is 6. The lowest BCUT2D eigenvalue weighted by atomic mass is 10.3. The number of unbranched alkanes of at least 4 members (excludes halogenated alkanes) is 2. The minimum absolute atomic E-state index is 0.194. The number of ether oxygens (including phenoxy) is 2. The van der Waals surface area contributed by atoms with Crippen LogP contribution in [0.3, 0.4) is 0 Å². The Morgan fingerprint density at radius 2 is 2.15 bits per heavy atom. The van der Waals surface area contributed by atoms with Crippen molar-refractivity contribution in [2.45, 2.75) is 25.6 Å². The van der Waals surface area contributed by atoms with Gasteiger partial charge in [-0.15, -0.1) is 11.6 Å². The van der Waals surface area contributed by atoms with Crippen molar-refractivity contribution in [2.24, 2.45) is 0 Å². The van der Waals surface area contributed by atoms with Gasteiger partial charge < -0.3 is 9.47 Å². The molecular formula is C10H15ClO2. The first kappa shape index (κ1) is 10.6. The Morgan fingerprint density at radius 3 is 2.85 bits per heavy atom. The number of hydrogen-bond donors (Lipinski definition) is 0. The van der Waals surface area contributed by atoms with Gasteiger partial charge in [0.15, 0.2) is 0 Å². The first-order chi connectivity index (χ1) is 6.43. The lowest BCUT2D eigenvalue weighted by Crippen LogP contribution is -2.13. The van der Waals surface area contributed by atoms with Crippen molar-refractivity contribution < 1.29 is 9.47 Å². The third kappa shape index (κ3) is 4.96. The highest BCUT2D eigenvalue weighted by Crippen LogP contribution is 2.05. The van der Waals surface area contributed by atoms with Crippen molar-refractivity contribution in [3.63, 3.8) is 0 Å². The molecule has 1 unspecified atom stereocenters. The molecule has 0 N–H and O–H groups in total. The predicted molar refractivity (Wildman–Crippen MR) is 53.7 cm³/mol. The van der Waals surface area contributed by atoms with Gasteiger partial charge in [0.1, 0.15) is 0 Å². The molecule has 0 aromatic rings. The van der Waals surface area contributed by atoms with Crippen LogP contribution in [0.25, 0.3) is 0 Å². The summed E-state index contributed by atoms with van der Waals surface area (Å²) in [5.41, 5.74) is 0. The van der Waals surface area contributed by atoms with Crippen LogP contribution in [0.4, 0.5) is 0 Å². The van der Waals surface area contributed by atoms with Gasteiger partial charge in [-0.05, 0) is 31.4 Å². The van der Waals surface area contributed by atoms with Gasteiger partial charge in [0.05, 0.1) is 12.9 Å². The number of hydrogen-bond acceptors (Lipinski definition) is 2. The van der Waals surface area contributed by atoms with E-state index in [0.29, 0.717) is 0 Å². The largest absolute Gasteiger partial charge is 0.469 e. The molecule has 1 rings (SSSR count). The summed E-state index contributed by atoms with van der Waals surface area (Å²) in [6.45, 7) is 0.736. The Kier molecular flexibility index (Phi) is 5.70. The van der Waals surface area contributed by atoms with Crippen LogP contribution in [-0.4, -0.2) is 18.8 Å². The summed E-state index contributed by atoms with van der Waals surface area (Å²) >= 11 is 5.54. The molecule has 0 amide bonds. The molecule has 0 saturated carbocycles. The van der Waals surface area contributed by atoms with Gasteiger partial charge in [-0.3, -0.25) is 0 Å². The Labute approximate surface area is 84.2 Å². The minimum Gasteiger partial charge on any atom is -0.469 e. The molecule has 0 aliphatic carbocycles. The molecule has 0 spiro atoms. The topological polar surface area (TPSA) is 18.5 Å². The highest BCUT2D eigenvalue weighted by molar-refractivity contribution is 6.17. The predicted octanol–water partition coefficient (Wildman–Crippen LogP) is 2.84. The molecule has 0 radical (unpaired) electrons. The second-order valence-corrected chi connectivity index (χ2v) is 3.22. The zero-order valence-corrected chi connectivity index (χ0v) is 8.37. The molecule has 0 saturated heterocycles. The third-order valence-electron chi connectivity index (χ3n) is 1.73. The van der Waals surface area contributed by atoms with Gasteiger partial charge in [0.25, 0.3) is 0 Å². The fraction of sp³-hybridized carbons (Fsp3) is 0.600. The average molecular weight is 203 g/mol. The van der Waals surface area contributed by atoms with Crippen molar-refractivity contribution >= 4 is 11.6 Å². The van der Waals surface area contributed by atoms with Gasteiger partial charge in [-0.1, -0.05) is 6.08 Å². The maximum atomic E-state index is 5.54. The minimum atomic E-state index is -0.194. The Hall–Kier alpha value is -0.470. The lowest BCUT2D eigenvalue weighted by molar-refractivity contribution is -0.0749. The summed E-state index contributed by atoms with van der Waals surface area (Å²) < 4.78 is 10.6. The van der Waals surface area contributed by atoms with Crippen molar-refractivity contribution in [3.8, 4) is 0 Å². The van der Waals surface area contributed by atoms with Gasteiger partial charge in [0, 0.05) is 5.88 Å². The maximum absolute atomic E-state index is 5.54. The molecule has 1 aliphatic heterocycles. The van der Waals surface area contributed by atoms with E-state index in [1.165, 1.54) is 0 Å². The Morgan fingerprint density at radius 1 is 1.23 bits per heavy atom. The third-order valence-corrected chi connectivity index (χ3v) is 2.00. The van der Waals surface area contributed by atoms with E-state index in [0.717, 1.165) is 31.7 Å². The molecule has 1 heterocycles. The molecule has 13 heavy (non-hydrogen) atoms. The summed E-state index contributed by atoms with van der Waals surface area (Å²) in [7, 11) is 0. The number of alkyl halides is 1. The quantitative estimate of drug-likeness (QED) is 0.487. The zero-order valence-electron chi connectivity index (χ0n) is 7.62. The SMILES string of the molecule is ClCCCCCOC1C=CC=CO1. The van der Waals surface area contributed by atoms with Gasteiger partial charge in [-0.25, -0.2) is 0 Å². The van der Waals surface area contributed by atoms with E-state index in [4.69, 9.17) is 21.1 Å². The molecule has 74 valence electrons. The van der Waals surface area contributed by atoms with E-state index in [1.54, 1.807) is 6.26 Å². The van der Waals surface area contributed by atoms with Crippen molar-refractivity contribution in [3.05, 3.63) is 24.5 Å². The van der Waals surface area contributed by atoms with Crippen molar-refractivity contribution in [2.75, 3.05) is 12.5 Å². The van der Waals surface area contributed by atoms with Crippen LogP contribution in [0.15, 0.2) is 24.5 Å². The summed E-state index contributed by atoms with van der Waals surface area (Å²) in [4.78, 5) is 0. The van der Waals surface area contributed by atoms with Crippen molar-refractivity contribution in [1.29, 1.82) is 0 Å². The normalized spacial score (nSPS) is 20.2. The zero-order chi connectivity index (χ0) is 9.36. The lowest BCUT2D eigenvalue weighted by Gasteiger charge is -2.15. The van der Waals surface area contributed by atoms with Crippen LogP contribution < -0.4 is 0 Å². The van der Waals surface area contributed by atoms with E-state index in [2.05, 4.69) is 0 Å². The molecule has 2 nitrogen and oxygen atoms in total. The molecule has 1 aliphatic rings. The molecule has 3 heteroatoms. The van der Waals surface area contributed by atoms with Gasteiger partial charge in [0.2, 0.25) is 6.29 Å². The smallest absolute Gasteiger partial charge is 0.219 e. The van der Waals surface area contributed by atoms with E-state index >= 15 is 0 Å². The summed E-state index contributed by atoms with van der Waals surface area (Å²) in [5.74, 6) is 0.739.